The number of aromatic hydroxyl groups is 2. The van der Waals surface area contributed by atoms with E-state index in [0.717, 1.165) is 23.1 Å². The van der Waals surface area contributed by atoms with Crippen molar-refractivity contribution in [3.05, 3.63) is 77.9 Å². The van der Waals surface area contributed by atoms with Gasteiger partial charge >= 0.3 is 5.97 Å². The summed E-state index contributed by atoms with van der Waals surface area (Å²) in [5, 5.41) is 34.5. The minimum absolute atomic E-state index is 0.0505. The predicted molar refractivity (Wildman–Crippen MR) is 158 cm³/mol. The van der Waals surface area contributed by atoms with Crippen molar-refractivity contribution in [2.75, 3.05) is 19.7 Å². The van der Waals surface area contributed by atoms with Gasteiger partial charge in [-0.1, -0.05) is 61.5 Å². The molecule has 3 aromatic carbocycles. The second-order valence-electron chi connectivity index (χ2n) is 11.5. The standard InChI is InChI=1S/C33H37N3O6/c1-22(2)19-25-11-12-26(20-28(25)38)31-34-30(35-42-31)24-9-7-23(8-10-24)21-36-16-13-33(14-17-36,32(39)40)15-18-41-29-6-4-3-5-27(29)37/h3-12,20,22,37-38H,13-19,21H2,1-2H3,(H,39,40). The fourth-order valence-corrected chi connectivity index (χ4v) is 5.43. The second-order valence-corrected chi connectivity index (χ2v) is 11.5. The number of aromatic nitrogens is 2. The fraction of sp³-hybridized carbons (Fsp3) is 0.364. The number of benzene rings is 3. The van der Waals surface area contributed by atoms with Crippen molar-refractivity contribution in [3.8, 4) is 40.1 Å². The van der Waals surface area contributed by atoms with Crippen molar-refractivity contribution in [1.82, 2.24) is 15.0 Å². The van der Waals surface area contributed by atoms with E-state index in [9.17, 15) is 20.1 Å². The Hall–Kier alpha value is -4.37. The molecule has 0 atom stereocenters. The molecule has 0 bridgehead atoms. The quantitative estimate of drug-likeness (QED) is 0.194. The van der Waals surface area contributed by atoms with Crippen molar-refractivity contribution in [3.63, 3.8) is 0 Å². The van der Waals surface area contributed by atoms with Gasteiger partial charge < -0.3 is 24.6 Å². The Morgan fingerprint density at radius 3 is 2.38 bits per heavy atom. The van der Waals surface area contributed by atoms with Gasteiger partial charge in [-0.25, -0.2) is 0 Å². The van der Waals surface area contributed by atoms with E-state index >= 15 is 0 Å². The average molecular weight is 572 g/mol. The van der Waals surface area contributed by atoms with E-state index in [1.807, 2.05) is 36.4 Å². The van der Waals surface area contributed by atoms with Gasteiger partial charge in [-0.2, -0.15) is 4.98 Å². The van der Waals surface area contributed by atoms with E-state index in [2.05, 4.69) is 28.9 Å². The van der Waals surface area contributed by atoms with Gasteiger partial charge in [0.15, 0.2) is 11.5 Å². The SMILES string of the molecule is CC(C)Cc1ccc(-c2nc(-c3ccc(CN4CCC(CCOc5ccccc5O)(C(=O)O)CC4)cc3)no2)cc1O. The van der Waals surface area contributed by atoms with Crippen LogP contribution in [0.25, 0.3) is 22.8 Å². The summed E-state index contributed by atoms with van der Waals surface area (Å²) in [7, 11) is 0. The van der Waals surface area contributed by atoms with Crippen LogP contribution >= 0.6 is 0 Å². The Labute approximate surface area is 245 Å². The van der Waals surface area contributed by atoms with Crippen LogP contribution in [-0.4, -0.2) is 56.0 Å². The average Bonchev–Trinajstić information content (AvgIpc) is 3.47. The summed E-state index contributed by atoms with van der Waals surface area (Å²) in [5.74, 6) is 1.10. The number of carboxylic acid groups (broad SMARTS) is 1. The summed E-state index contributed by atoms with van der Waals surface area (Å²) in [4.78, 5) is 19.0. The maximum absolute atomic E-state index is 12.2. The number of carboxylic acids is 1. The minimum Gasteiger partial charge on any atom is -0.508 e. The lowest BCUT2D eigenvalue weighted by molar-refractivity contribution is -0.153. The molecule has 0 amide bonds. The number of likely N-dealkylation sites (tertiary alicyclic amines) is 1. The smallest absolute Gasteiger partial charge is 0.309 e. The molecule has 0 saturated carbocycles. The molecule has 9 nitrogen and oxygen atoms in total. The minimum atomic E-state index is -0.841. The first-order valence-corrected chi connectivity index (χ1v) is 14.3. The molecule has 2 heterocycles. The van der Waals surface area contributed by atoms with Crippen molar-refractivity contribution in [1.29, 1.82) is 0 Å². The van der Waals surface area contributed by atoms with Crippen LogP contribution in [0.4, 0.5) is 0 Å². The molecule has 1 saturated heterocycles. The van der Waals surface area contributed by atoms with Gasteiger partial charge in [0.2, 0.25) is 5.82 Å². The van der Waals surface area contributed by atoms with E-state index in [1.54, 1.807) is 30.3 Å². The Morgan fingerprint density at radius 1 is 1.00 bits per heavy atom. The predicted octanol–water partition coefficient (Wildman–Crippen LogP) is 6.15. The van der Waals surface area contributed by atoms with Crippen LogP contribution in [0.2, 0.25) is 0 Å². The van der Waals surface area contributed by atoms with Crippen LogP contribution in [0, 0.1) is 11.3 Å². The number of para-hydroxylation sites is 2. The molecule has 42 heavy (non-hydrogen) atoms. The highest BCUT2D eigenvalue weighted by molar-refractivity contribution is 5.74. The number of carbonyl (C=O) groups is 1. The highest BCUT2D eigenvalue weighted by Gasteiger charge is 2.41. The van der Waals surface area contributed by atoms with Gasteiger partial charge in [-0.3, -0.25) is 9.69 Å². The topological polar surface area (TPSA) is 129 Å². The molecule has 1 aliphatic heterocycles. The third-order valence-corrected chi connectivity index (χ3v) is 7.98. The Bertz CT molecular complexity index is 1510. The Kier molecular flexibility index (Phi) is 8.77. The monoisotopic (exact) mass is 571 g/mol. The molecule has 4 aromatic rings. The summed E-state index contributed by atoms with van der Waals surface area (Å²) in [6, 6.07) is 20.1. The normalized spacial score (nSPS) is 15.1. The van der Waals surface area contributed by atoms with Crippen molar-refractivity contribution in [2.24, 2.45) is 11.3 Å². The first kappa shape index (κ1) is 29.1. The molecule has 1 fully saturated rings. The number of nitrogens with zero attached hydrogens (tertiary/aromatic N) is 3. The zero-order chi connectivity index (χ0) is 29.7. The van der Waals surface area contributed by atoms with Crippen LogP contribution < -0.4 is 4.74 Å². The summed E-state index contributed by atoms with van der Waals surface area (Å²) in [5.41, 5.74) is 2.65. The molecule has 0 spiro atoms. The van der Waals surface area contributed by atoms with Gasteiger partial charge in [0.25, 0.3) is 5.89 Å². The molecule has 9 heteroatoms. The molecule has 3 N–H and O–H groups in total. The van der Waals surface area contributed by atoms with Crippen LogP contribution in [0.1, 0.15) is 44.2 Å². The zero-order valence-corrected chi connectivity index (χ0v) is 24.0. The first-order chi connectivity index (χ1) is 20.2. The summed E-state index contributed by atoms with van der Waals surface area (Å²) in [6.07, 6.45) is 2.24. The number of hydrogen-bond donors (Lipinski definition) is 3. The van der Waals surface area contributed by atoms with Gasteiger partial charge in [-0.15, -0.1) is 0 Å². The first-order valence-electron chi connectivity index (χ1n) is 14.3. The highest BCUT2D eigenvalue weighted by Crippen LogP contribution is 2.37. The van der Waals surface area contributed by atoms with Gasteiger partial charge in [0.1, 0.15) is 5.75 Å². The Balaban J connectivity index is 1.15. The van der Waals surface area contributed by atoms with Crippen LogP contribution in [0.15, 0.2) is 71.3 Å². The van der Waals surface area contributed by atoms with Crippen LogP contribution in [-0.2, 0) is 17.8 Å². The van der Waals surface area contributed by atoms with E-state index < -0.39 is 11.4 Å². The Morgan fingerprint density at radius 2 is 1.71 bits per heavy atom. The fourth-order valence-electron chi connectivity index (χ4n) is 5.43. The van der Waals surface area contributed by atoms with Gasteiger partial charge in [-0.05, 0) is 80.1 Å². The van der Waals surface area contributed by atoms with Crippen LogP contribution in [0.5, 0.6) is 17.2 Å². The van der Waals surface area contributed by atoms with E-state index in [1.165, 1.54) is 0 Å². The second kappa shape index (κ2) is 12.7. The van der Waals surface area contributed by atoms with Crippen LogP contribution in [0.3, 0.4) is 0 Å². The van der Waals surface area contributed by atoms with Gasteiger partial charge in [0, 0.05) is 17.7 Å². The molecular weight excluding hydrogens is 534 g/mol. The summed E-state index contributed by atoms with van der Waals surface area (Å²) in [6.45, 7) is 6.50. The van der Waals surface area contributed by atoms with Crippen molar-refractivity contribution < 1.29 is 29.4 Å². The molecule has 0 unspecified atom stereocenters. The zero-order valence-electron chi connectivity index (χ0n) is 24.0. The van der Waals surface area contributed by atoms with E-state index in [0.29, 0.717) is 67.8 Å². The number of aliphatic carboxylic acids is 1. The van der Waals surface area contributed by atoms with E-state index in [-0.39, 0.29) is 18.1 Å². The lowest BCUT2D eigenvalue weighted by Gasteiger charge is -2.39. The number of phenolic OH excluding ortho intramolecular Hbond substituents is 2. The maximum atomic E-state index is 12.2. The molecule has 220 valence electrons. The third kappa shape index (κ3) is 6.74. The maximum Gasteiger partial charge on any atom is 0.309 e. The molecule has 1 aliphatic rings. The number of hydrogen-bond acceptors (Lipinski definition) is 8. The molecule has 0 aliphatic carbocycles. The van der Waals surface area contributed by atoms with Gasteiger partial charge in [0.05, 0.1) is 12.0 Å². The third-order valence-electron chi connectivity index (χ3n) is 7.98. The molecular formula is C33H37N3O6. The lowest BCUT2D eigenvalue weighted by atomic mass is 9.76. The number of rotatable bonds is 11. The van der Waals surface area contributed by atoms with Crippen molar-refractivity contribution >= 4 is 5.97 Å². The number of piperidine rings is 1. The van der Waals surface area contributed by atoms with Crippen molar-refractivity contribution in [2.45, 2.75) is 46.1 Å². The van der Waals surface area contributed by atoms with E-state index in [4.69, 9.17) is 9.26 Å². The molecule has 5 rings (SSSR count). The molecule has 1 aromatic heterocycles. The number of phenols is 2. The summed E-state index contributed by atoms with van der Waals surface area (Å²) < 4.78 is 11.2. The number of ether oxygens (including phenoxy) is 1. The highest BCUT2D eigenvalue weighted by atomic mass is 16.5. The summed E-state index contributed by atoms with van der Waals surface area (Å²) >= 11 is 0. The molecule has 0 radical (unpaired) electrons. The largest absolute Gasteiger partial charge is 0.508 e. The lowest BCUT2D eigenvalue weighted by Crippen LogP contribution is -2.44.